The first-order chi connectivity index (χ1) is 14.4. The second kappa shape index (κ2) is 8.23. The molecule has 2 aromatic carbocycles. The summed E-state index contributed by atoms with van der Waals surface area (Å²) in [6, 6.07) is 13.7. The molecule has 0 bridgehead atoms. The smallest absolute Gasteiger partial charge is 0.407 e. The number of benzene rings is 2. The van der Waals surface area contributed by atoms with E-state index in [1.165, 1.54) is 0 Å². The molecule has 0 radical (unpaired) electrons. The minimum absolute atomic E-state index is 0.170. The molecule has 0 aliphatic heterocycles. The van der Waals surface area contributed by atoms with Crippen molar-refractivity contribution in [3.05, 3.63) is 60.4 Å². The molecule has 7 nitrogen and oxygen atoms in total. The number of rotatable bonds is 5. The summed E-state index contributed by atoms with van der Waals surface area (Å²) in [7, 11) is 0. The van der Waals surface area contributed by atoms with Crippen LogP contribution in [0.5, 0.6) is 0 Å². The third kappa shape index (κ3) is 4.65. The van der Waals surface area contributed by atoms with Crippen molar-refractivity contribution in [1.82, 2.24) is 20.3 Å². The Morgan fingerprint density at radius 1 is 1.07 bits per heavy atom. The van der Waals surface area contributed by atoms with Gasteiger partial charge in [-0.2, -0.15) is 0 Å². The van der Waals surface area contributed by atoms with Crippen LogP contribution in [0.4, 0.5) is 9.93 Å². The fourth-order valence-corrected chi connectivity index (χ4v) is 3.99. The van der Waals surface area contributed by atoms with Crippen LogP contribution in [0.3, 0.4) is 0 Å². The normalized spacial score (nSPS) is 12.6. The lowest BCUT2D eigenvalue weighted by molar-refractivity contribution is 0.0525. The summed E-state index contributed by atoms with van der Waals surface area (Å²) in [6.45, 7) is 5.88. The molecule has 2 heterocycles. The number of hydrogen-bond acceptors (Lipinski definition) is 7. The molecule has 154 valence electrons. The number of nitrogens with zero attached hydrogens (tertiary/aromatic N) is 3. The Morgan fingerprint density at radius 3 is 2.60 bits per heavy atom. The van der Waals surface area contributed by atoms with Crippen molar-refractivity contribution < 1.29 is 9.53 Å². The average Bonchev–Trinajstić information content (AvgIpc) is 3.13. The maximum absolute atomic E-state index is 12.1. The summed E-state index contributed by atoms with van der Waals surface area (Å²) in [5.74, 6) is 0. The number of hydrogen-bond donors (Lipinski definition) is 2. The Bertz CT molecular complexity index is 1170. The molecule has 0 saturated carbocycles. The number of carbonyl (C=O) groups is 1. The monoisotopic (exact) mass is 421 g/mol. The fraction of sp³-hybridized carbons (Fsp3) is 0.273. The van der Waals surface area contributed by atoms with Crippen molar-refractivity contribution >= 4 is 43.8 Å². The van der Waals surface area contributed by atoms with Gasteiger partial charge in [0.1, 0.15) is 16.6 Å². The third-order valence-corrected chi connectivity index (χ3v) is 5.30. The van der Waals surface area contributed by atoms with Crippen molar-refractivity contribution in [1.29, 1.82) is 0 Å². The fourth-order valence-electron chi connectivity index (χ4n) is 3.07. The zero-order valence-electron chi connectivity index (χ0n) is 17.0. The molecule has 8 heteroatoms. The minimum atomic E-state index is -0.547. The zero-order chi connectivity index (χ0) is 21.1. The van der Waals surface area contributed by atoms with Crippen molar-refractivity contribution in [3.63, 3.8) is 0 Å². The molecule has 0 aliphatic rings. The van der Waals surface area contributed by atoms with Crippen LogP contribution in [0.15, 0.2) is 54.9 Å². The summed E-state index contributed by atoms with van der Waals surface area (Å²) < 4.78 is 6.39. The largest absolute Gasteiger partial charge is 0.444 e. The van der Waals surface area contributed by atoms with Gasteiger partial charge in [-0.1, -0.05) is 41.7 Å². The molecule has 0 saturated heterocycles. The van der Waals surface area contributed by atoms with Gasteiger partial charge in [0.2, 0.25) is 0 Å². The van der Waals surface area contributed by atoms with E-state index in [0.717, 1.165) is 31.9 Å². The van der Waals surface area contributed by atoms with E-state index in [2.05, 4.69) is 20.6 Å². The second-order valence-corrected chi connectivity index (χ2v) is 8.88. The molecule has 4 aromatic rings. The molecular formula is C22H23N5O2S. The first-order valence-electron chi connectivity index (χ1n) is 9.68. The minimum Gasteiger partial charge on any atom is -0.444 e. The van der Waals surface area contributed by atoms with Crippen LogP contribution < -0.4 is 10.6 Å². The van der Waals surface area contributed by atoms with Crippen LogP contribution in [0.25, 0.3) is 21.3 Å². The molecular weight excluding hydrogens is 398 g/mol. The summed E-state index contributed by atoms with van der Waals surface area (Å²) >= 11 is 1.55. The highest BCUT2D eigenvalue weighted by molar-refractivity contribution is 7.22. The summed E-state index contributed by atoms with van der Waals surface area (Å²) in [6.07, 6.45) is 2.90. The average molecular weight is 422 g/mol. The number of alkyl carbamates (subject to hydrolysis) is 1. The van der Waals surface area contributed by atoms with Gasteiger partial charge >= 0.3 is 6.09 Å². The molecule has 0 spiro atoms. The van der Waals surface area contributed by atoms with Crippen LogP contribution in [0, 0.1) is 0 Å². The van der Waals surface area contributed by atoms with E-state index in [1.54, 1.807) is 23.7 Å². The van der Waals surface area contributed by atoms with E-state index in [9.17, 15) is 4.79 Å². The molecule has 1 amide bonds. The van der Waals surface area contributed by atoms with Gasteiger partial charge in [-0.05, 0) is 38.5 Å². The standard InChI is InChI=1S/C22H23N5O2S/c1-22(2,3)29-21(28)25-13-16(14-7-5-4-6-8-14)26-20-27-19-17(30-20)10-9-15-18(19)24-12-11-23-15/h4-12,16H,13H2,1-3H3,(H,25,28)(H,26,27). The number of carbonyl (C=O) groups excluding carboxylic acids is 1. The van der Waals surface area contributed by atoms with Gasteiger partial charge in [-0.25, -0.2) is 9.78 Å². The van der Waals surface area contributed by atoms with E-state index in [1.807, 2.05) is 63.2 Å². The number of amides is 1. The van der Waals surface area contributed by atoms with Crippen LogP contribution in [-0.2, 0) is 4.74 Å². The Kier molecular flexibility index (Phi) is 5.50. The quantitative estimate of drug-likeness (QED) is 0.476. The number of nitrogens with one attached hydrogen (secondary N) is 2. The highest BCUT2D eigenvalue weighted by Crippen LogP contribution is 2.32. The van der Waals surface area contributed by atoms with Crippen molar-refractivity contribution in [2.24, 2.45) is 0 Å². The van der Waals surface area contributed by atoms with E-state index in [0.29, 0.717) is 6.54 Å². The number of ether oxygens (including phenoxy) is 1. The highest BCUT2D eigenvalue weighted by Gasteiger charge is 2.19. The van der Waals surface area contributed by atoms with Gasteiger partial charge < -0.3 is 15.4 Å². The van der Waals surface area contributed by atoms with Gasteiger partial charge in [-0.15, -0.1) is 0 Å². The van der Waals surface area contributed by atoms with Gasteiger partial charge in [0, 0.05) is 18.9 Å². The van der Waals surface area contributed by atoms with Gasteiger partial charge in [0.05, 0.1) is 16.3 Å². The molecule has 1 atom stereocenters. The van der Waals surface area contributed by atoms with Crippen LogP contribution in [0.2, 0.25) is 0 Å². The van der Waals surface area contributed by atoms with Crippen LogP contribution >= 0.6 is 11.3 Å². The number of thiazole rings is 1. The highest BCUT2D eigenvalue weighted by atomic mass is 32.1. The third-order valence-electron chi connectivity index (χ3n) is 4.35. The molecule has 30 heavy (non-hydrogen) atoms. The lowest BCUT2D eigenvalue weighted by Crippen LogP contribution is -2.36. The van der Waals surface area contributed by atoms with Crippen LogP contribution in [-0.4, -0.2) is 33.2 Å². The second-order valence-electron chi connectivity index (χ2n) is 7.85. The number of anilines is 1. The summed E-state index contributed by atoms with van der Waals surface area (Å²) in [5.41, 5.74) is 2.91. The number of fused-ring (bicyclic) bond motifs is 3. The predicted octanol–water partition coefficient (Wildman–Crippen LogP) is 4.92. The molecule has 0 aliphatic carbocycles. The predicted molar refractivity (Wildman–Crippen MR) is 120 cm³/mol. The Morgan fingerprint density at radius 2 is 1.83 bits per heavy atom. The maximum Gasteiger partial charge on any atom is 0.407 e. The lowest BCUT2D eigenvalue weighted by Gasteiger charge is -2.22. The zero-order valence-corrected chi connectivity index (χ0v) is 17.9. The SMILES string of the molecule is CC(C)(C)OC(=O)NCC(Nc1nc2c(ccc3nccnc32)s1)c1ccccc1. The van der Waals surface area contributed by atoms with Crippen LogP contribution in [0.1, 0.15) is 32.4 Å². The van der Waals surface area contributed by atoms with Gasteiger partial charge in [0.25, 0.3) is 0 Å². The summed E-state index contributed by atoms with van der Waals surface area (Å²) in [5, 5.41) is 7.06. The Balaban J connectivity index is 1.58. The lowest BCUT2D eigenvalue weighted by atomic mass is 10.1. The molecule has 1 unspecified atom stereocenters. The Labute approximate surface area is 178 Å². The first-order valence-corrected chi connectivity index (χ1v) is 10.5. The first kappa shape index (κ1) is 20.0. The topological polar surface area (TPSA) is 89.0 Å². The van der Waals surface area contributed by atoms with Crippen molar-refractivity contribution in [2.45, 2.75) is 32.4 Å². The maximum atomic E-state index is 12.1. The molecule has 4 rings (SSSR count). The van der Waals surface area contributed by atoms with Gasteiger partial charge in [-0.3, -0.25) is 9.97 Å². The van der Waals surface area contributed by atoms with E-state index >= 15 is 0 Å². The molecule has 2 aromatic heterocycles. The van der Waals surface area contributed by atoms with E-state index in [4.69, 9.17) is 9.72 Å². The Hall–Kier alpha value is -3.26. The number of aromatic nitrogens is 3. The van der Waals surface area contributed by atoms with Crippen molar-refractivity contribution in [2.75, 3.05) is 11.9 Å². The van der Waals surface area contributed by atoms with Gasteiger partial charge in [0.15, 0.2) is 5.13 Å². The van der Waals surface area contributed by atoms with Crippen molar-refractivity contribution in [3.8, 4) is 0 Å². The molecule has 2 N–H and O–H groups in total. The molecule has 0 fully saturated rings. The van der Waals surface area contributed by atoms with E-state index < -0.39 is 11.7 Å². The van der Waals surface area contributed by atoms with E-state index in [-0.39, 0.29) is 6.04 Å². The summed E-state index contributed by atoms with van der Waals surface area (Å²) in [4.78, 5) is 25.7.